The van der Waals surface area contributed by atoms with Crippen LogP contribution in [0.2, 0.25) is 0 Å². The molecule has 0 aliphatic heterocycles. The largest absolute Gasteiger partial charge is 0.497 e. The minimum Gasteiger partial charge on any atom is -0.497 e. The second-order valence-electron chi connectivity index (χ2n) is 5.46. The Morgan fingerprint density at radius 3 is 2.20 bits per heavy atom. The van der Waals surface area contributed by atoms with Crippen LogP contribution in [0.15, 0.2) is 48.5 Å². The first-order valence-corrected chi connectivity index (χ1v) is 8.18. The molecule has 0 aliphatic rings. The van der Waals surface area contributed by atoms with E-state index in [1.807, 2.05) is 6.92 Å². The number of hydrogen-bond donors (Lipinski definition) is 3. The normalized spacial score (nSPS) is 10.0. The summed E-state index contributed by atoms with van der Waals surface area (Å²) in [7, 11) is 1.59. The van der Waals surface area contributed by atoms with E-state index in [1.54, 1.807) is 55.6 Å². The molecule has 0 radical (unpaired) electrons. The quantitative estimate of drug-likeness (QED) is 0.690. The van der Waals surface area contributed by atoms with E-state index in [4.69, 9.17) is 4.74 Å². The van der Waals surface area contributed by atoms with Crippen molar-refractivity contribution in [3.8, 4) is 5.75 Å². The van der Waals surface area contributed by atoms with E-state index in [0.29, 0.717) is 17.8 Å². The number of carbonyl (C=O) groups is 2. The first kappa shape index (κ1) is 18.3. The monoisotopic (exact) mass is 341 g/mol. The highest BCUT2D eigenvalue weighted by molar-refractivity contribution is 6.04. The van der Waals surface area contributed by atoms with E-state index in [0.717, 1.165) is 17.9 Å². The van der Waals surface area contributed by atoms with Crippen LogP contribution in [0.4, 0.5) is 11.4 Å². The van der Waals surface area contributed by atoms with E-state index in [1.165, 1.54) is 0 Å². The summed E-state index contributed by atoms with van der Waals surface area (Å²) in [4.78, 5) is 23.8. The first-order valence-electron chi connectivity index (χ1n) is 8.18. The van der Waals surface area contributed by atoms with Gasteiger partial charge in [-0.3, -0.25) is 9.59 Å². The average Bonchev–Trinajstić information content (AvgIpc) is 2.65. The van der Waals surface area contributed by atoms with E-state index >= 15 is 0 Å². The van der Waals surface area contributed by atoms with Gasteiger partial charge in [-0.05, 0) is 55.0 Å². The Balaban J connectivity index is 1.87. The third-order valence-electron chi connectivity index (χ3n) is 3.52. The van der Waals surface area contributed by atoms with Crippen molar-refractivity contribution in [2.45, 2.75) is 13.3 Å². The van der Waals surface area contributed by atoms with Gasteiger partial charge in [-0.15, -0.1) is 0 Å². The van der Waals surface area contributed by atoms with E-state index < -0.39 is 0 Å². The average molecular weight is 341 g/mol. The summed E-state index contributed by atoms with van der Waals surface area (Å²) < 4.78 is 5.09. The fraction of sp³-hybridized carbons (Fsp3) is 0.263. The molecule has 0 saturated heterocycles. The molecule has 25 heavy (non-hydrogen) atoms. The van der Waals surface area contributed by atoms with Crippen LogP contribution in [0, 0.1) is 0 Å². The topological polar surface area (TPSA) is 79.5 Å². The zero-order valence-electron chi connectivity index (χ0n) is 14.5. The molecule has 0 spiro atoms. The summed E-state index contributed by atoms with van der Waals surface area (Å²) in [5, 5.41) is 8.64. The fourth-order valence-corrected chi connectivity index (χ4v) is 2.13. The van der Waals surface area contributed by atoms with Gasteiger partial charge in [-0.25, -0.2) is 0 Å². The maximum Gasteiger partial charge on any atom is 0.255 e. The summed E-state index contributed by atoms with van der Waals surface area (Å²) in [6.07, 6.45) is 0.906. The van der Waals surface area contributed by atoms with E-state index in [9.17, 15) is 9.59 Å². The SMILES string of the molecule is CCCNC(=O)CNc1ccc(C(=O)Nc2ccc(OC)cc2)cc1. The van der Waals surface area contributed by atoms with Gasteiger partial charge >= 0.3 is 0 Å². The molecule has 0 atom stereocenters. The van der Waals surface area contributed by atoms with Gasteiger partial charge < -0.3 is 20.7 Å². The van der Waals surface area contributed by atoms with E-state index in [2.05, 4.69) is 16.0 Å². The molecule has 2 amide bonds. The molecular weight excluding hydrogens is 318 g/mol. The molecule has 2 rings (SSSR count). The molecule has 2 aromatic rings. The lowest BCUT2D eigenvalue weighted by Crippen LogP contribution is -2.30. The molecule has 0 bridgehead atoms. The molecule has 2 aromatic carbocycles. The number of anilines is 2. The van der Waals surface area contributed by atoms with Crippen LogP contribution < -0.4 is 20.7 Å². The van der Waals surface area contributed by atoms with Crippen LogP contribution in [0.5, 0.6) is 5.75 Å². The van der Waals surface area contributed by atoms with Gasteiger partial charge in [0.25, 0.3) is 5.91 Å². The zero-order valence-corrected chi connectivity index (χ0v) is 14.5. The van der Waals surface area contributed by atoms with Crippen LogP contribution in [0.25, 0.3) is 0 Å². The molecular formula is C19H23N3O3. The fourth-order valence-electron chi connectivity index (χ4n) is 2.13. The maximum absolute atomic E-state index is 12.2. The molecule has 0 saturated carbocycles. The third kappa shape index (κ3) is 5.84. The standard InChI is InChI=1S/C19H23N3O3/c1-3-12-20-18(23)13-21-15-6-4-14(5-7-15)19(24)22-16-8-10-17(25-2)11-9-16/h4-11,21H,3,12-13H2,1-2H3,(H,20,23)(H,22,24). The number of benzene rings is 2. The van der Waals surface area contributed by atoms with Crippen LogP contribution in [-0.2, 0) is 4.79 Å². The highest BCUT2D eigenvalue weighted by Gasteiger charge is 2.07. The number of rotatable bonds is 8. The lowest BCUT2D eigenvalue weighted by atomic mass is 10.2. The van der Waals surface area contributed by atoms with Crippen LogP contribution in [-0.4, -0.2) is 32.0 Å². The Morgan fingerprint density at radius 1 is 0.960 bits per heavy atom. The summed E-state index contributed by atoms with van der Waals surface area (Å²) in [6, 6.07) is 14.1. The minimum atomic E-state index is -0.197. The number of nitrogens with one attached hydrogen (secondary N) is 3. The number of carbonyl (C=O) groups excluding carboxylic acids is 2. The van der Waals surface area contributed by atoms with Crippen molar-refractivity contribution in [3.05, 3.63) is 54.1 Å². The lowest BCUT2D eigenvalue weighted by molar-refractivity contribution is -0.119. The van der Waals surface area contributed by atoms with Crippen LogP contribution in [0.1, 0.15) is 23.7 Å². The Hall–Kier alpha value is -3.02. The van der Waals surface area contributed by atoms with Crippen molar-refractivity contribution >= 4 is 23.2 Å². The highest BCUT2D eigenvalue weighted by atomic mass is 16.5. The Morgan fingerprint density at radius 2 is 1.60 bits per heavy atom. The molecule has 132 valence electrons. The van der Waals surface area contributed by atoms with Crippen LogP contribution >= 0.6 is 0 Å². The Bertz CT molecular complexity index is 697. The Kier molecular flexibility index (Phi) is 6.83. The minimum absolute atomic E-state index is 0.0526. The van der Waals surface area contributed by atoms with Gasteiger partial charge in [0, 0.05) is 23.5 Å². The number of hydrogen-bond acceptors (Lipinski definition) is 4. The number of amides is 2. The third-order valence-corrected chi connectivity index (χ3v) is 3.52. The molecule has 0 aromatic heterocycles. The Labute approximate surface area is 147 Å². The van der Waals surface area contributed by atoms with Crippen molar-refractivity contribution in [3.63, 3.8) is 0 Å². The molecule has 0 fully saturated rings. The van der Waals surface area contributed by atoms with Crippen molar-refractivity contribution in [2.24, 2.45) is 0 Å². The van der Waals surface area contributed by atoms with Gasteiger partial charge in [0.15, 0.2) is 0 Å². The molecule has 6 nitrogen and oxygen atoms in total. The second-order valence-corrected chi connectivity index (χ2v) is 5.46. The number of methoxy groups -OCH3 is 1. The molecule has 3 N–H and O–H groups in total. The van der Waals surface area contributed by atoms with Crippen molar-refractivity contribution < 1.29 is 14.3 Å². The molecule has 0 heterocycles. The summed E-state index contributed by atoms with van der Waals surface area (Å²) >= 11 is 0. The predicted octanol–water partition coefficient (Wildman–Crippen LogP) is 2.89. The summed E-state index contributed by atoms with van der Waals surface area (Å²) in [5.74, 6) is 0.483. The number of ether oxygens (including phenoxy) is 1. The summed E-state index contributed by atoms with van der Waals surface area (Å²) in [5.41, 5.74) is 2.02. The molecule has 6 heteroatoms. The maximum atomic E-state index is 12.2. The van der Waals surface area contributed by atoms with Gasteiger partial charge in [0.1, 0.15) is 5.75 Å². The van der Waals surface area contributed by atoms with Gasteiger partial charge in [0.2, 0.25) is 5.91 Å². The van der Waals surface area contributed by atoms with Crippen molar-refractivity contribution in [1.29, 1.82) is 0 Å². The van der Waals surface area contributed by atoms with Gasteiger partial charge in [0.05, 0.1) is 13.7 Å². The molecule has 0 aliphatic carbocycles. The first-order chi connectivity index (χ1) is 12.1. The van der Waals surface area contributed by atoms with Gasteiger partial charge in [-0.1, -0.05) is 6.92 Å². The van der Waals surface area contributed by atoms with Crippen LogP contribution in [0.3, 0.4) is 0 Å². The predicted molar refractivity (Wildman–Crippen MR) is 99.2 cm³/mol. The van der Waals surface area contributed by atoms with Gasteiger partial charge in [-0.2, -0.15) is 0 Å². The van der Waals surface area contributed by atoms with E-state index in [-0.39, 0.29) is 18.4 Å². The highest BCUT2D eigenvalue weighted by Crippen LogP contribution is 2.16. The zero-order chi connectivity index (χ0) is 18.1. The summed E-state index contributed by atoms with van der Waals surface area (Å²) in [6.45, 7) is 2.88. The second kappa shape index (κ2) is 9.32. The van der Waals surface area contributed by atoms with Crippen molar-refractivity contribution in [1.82, 2.24) is 5.32 Å². The molecule has 0 unspecified atom stereocenters. The lowest BCUT2D eigenvalue weighted by Gasteiger charge is -2.09. The smallest absolute Gasteiger partial charge is 0.255 e. The van der Waals surface area contributed by atoms with Crippen molar-refractivity contribution in [2.75, 3.05) is 30.8 Å².